The van der Waals surface area contributed by atoms with Crippen LogP contribution in [0.2, 0.25) is 20.1 Å². The van der Waals surface area contributed by atoms with E-state index in [-0.39, 0.29) is 12.0 Å². The Morgan fingerprint density at radius 2 is 1.70 bits per heavy atom. The lowest BCUT2D eigenvalue weighted by atomic mass is 9.77. The first-order chi connectivity index (χ1) is 11.1. The fourth-order valence-electron chi connectivity index (χ4n) is 3.71. The van der Waals surface area contributed by atoms with Gasteiger partial charge in [0.25, 0.3) is 0 Å². The molecule has 0 aromatic heterocycles. The van der Waals surface area contributed by atoms with Crippen molar-refractivity contribution >= 4 is 52.1 Å². The van der Waals surface area contributed by atoms with Gasteiger partial charge in [0, 0.05) is 26.5 Å². The lowest BCUT2D eigenvalue weighted by Gasteiger charge is -2.38. The minimum absolute atomic E-state index is 0.0161. The van der Waals surface area contributed by atoms with Crippen molar-refractivity contribution in [3.8, 4) is 0 Å². The molecule has 1 nitrogen and oxygen atoms in total. The molecule has 0 fully saturated rings. The van der Waals surface area contributed by atoms with Crippen molar-refractivity contribution in [3.05, 3.63) is 73.7 Å². The van der Waals surface area contributed by atoms with Crippen molar-refractivity contribution in [2.75, 3.05) is 5.32 Å². The summed E-state index contributed by atoms with van der Waals surface area (Å²) in [6.07, 6.45) is 5.40. The fourth-order valence-corrected chi connectivity index (χ4v) is 4.91. The summed E-state index contributed by atoms with van der Waals surface area (Å²) in [7, 11) is 0. The Labute approximate surface area is 155 Å². The van der Waals surface area contributed by atoms with Crippen LogP contribution in [0.4, 0.5) is 5.69 Å². The molecule has 2 aromatic rings. The van der Waals surface area contributed by atoms with E-state index < -0.39 is 0 Å². The maximum Gasteiger partial charge on any atom is 0.0655 e. The average Bonchev–Trinajstić information content (AvgIpc) is 2.97. The highest BCUT2D eigenvalue weighted by Gasteiger charge is 2.40. The van der Waals surface area contributed by atoms with Gasteiger partial charge >= 0.3 is 0 Å². The number of rotatable bonds is 1. The molecule has 0 saturated carbocycles. The SMILES string of the molecule is Clc1cc(Cl)c2c(c1)C1C=CCC1C(c1c(Cl)cccc1Cl)N2. The van der Waals surface area contributed by atoms with Crippen LogP contribution in [0.3, 0.4) is 0 Å². The first kappa shape index (κ1) is 15.7. The molecule has 5 heteroatoms. The Morgan fingerprint density at radius 3 is 2.43 bits per heavy atom. The summed E-state index contributed by atoms with van der Waals surface area (Å²) in [5.41, 5.74) is 3.00. The summed E-state index contributed by atoms with van der Waals surface area (Å²) in [5, 5.41) is 6.19. The molecule has 0 saturated heterocycles. The van der Waals surface area contributed by atoms with E-state index in [4.69, 9.17) is 46.4 Å². The zero-order chi connectivity index (χ0) is 16.1. The topological polar surface area (TPSA) is 12.0 Å². The number of anilines is 1. The zero-order valence-corrected chi connectivity index (χ0v) is 15.0. The first-order valence-electron chi connectivity index (χ1n) is 7.42. The standard InChI is InChI=1S/C18H13Cl4N/c19-9-7-12-10-3-1-4-11(10)18(23-17(12)15(22)8-9)16-13(20)5-2-6-14(16)21/h1-3,5-8,10-11,18,23H,4H2. The van der Waals surface area contributed by atoms with Crippen LogP contribution in [-0.4, -0.2) is 0 Å². The van der Waals surface area contributed by atoms with E-state index in [2.05, 4.69) is 17.5 Å². The van der Waals surface area contributed by atoms with Crippen LogP contribution >= 0.6 is 46.4 Å². The second kappa shape index (κ2) is 5.89. The molecule has 0 radical (unpaired) electrons. The van der Waals surface area contributed by atoms with Crippen molar-refractivity contribution < 1.29 is 0 Å². The Morgan fingerprint density at radius 1 is 0.957 bits per heavy atom. The lowest BCUT2D eigenvalue weighted by Crippen LogP contribution is -2.29. The number of hydrogen-bond donors (Lipinski definition) is 1. The van der Waals surface area contributed by atoms with E-state index in [1.165, 1.54) is 0 Å². The Hall–Kier alpha value is -0.860. The number of allylic oxidation sites excluding steroid dienone is 2. The summed E-state index contributed by atoms with van der Waals surface area (Å²) in [6, 6.07) is 9.39. The molecular formula is C18H13Cl4N. The molecule has 1 aliphatic heterocycles. The Balaban J connectivity index is 1.88. The molecule has 2 aromatic carbocycles. The lowest BCUT2D eigenvalue weighted by molar-refractivity contribution is 0.426. The highest BCUT2D eigenvalue weighted by molar-refractivity contribution is 6.37. The molecule has 4 rings (SSSR count). The minimum Gasteiger partial charge on any atom is -0.376 e. The molecule has 0 amide bonds. The maximum atomic E-state index is 6.45. The van der Waals surface area contributed by atoms with Crippen LogP contribution in [0.15, 0.2) is 42.5 Å². The summed E-state index contributed by atoms with van der Waals surface area (Å²) >= 11 is 25.5. The van der Waals surface area contributed by atoms with Crippen LogP contribution in [0, 0.1) is 5.92 Å². The molecule has 1 aliphatic carbocycles. The number of benzene rings is 2. The summed E-state index contributed by atoms with van der Waals surface area (Å²) < 4.78 is 0. The Kier molecular flexibility index (Phi) is 4.01. The zero-order valence-electron chi connectivity index (χ0n) is 12.0. The van der Waals surface area contributed by atoms with Gasteiger partial charge in [0.2, 0.25) is 0 Å². The number of hydrogen-bond acceptors (Lipinski definition) is 1. The summed E-state index contributed by atoms with van der Waals surface area (Å²) in [5.74, 6) is 0.606. The van der Waals surface area contributed by atoms with Gasteiger partial charge in [0.1, 0.15) is 0 Å². The second-order valence-corrected chi connectivity index (χ2v) is 7.62. The van der Waals surface area contributed by atoms with Crippen molar-refractivity contribution in [1.82, 2.24) is 0 Å². The second-order valence-electron chi connectivity index (χ2n) is 5.96. The van der Waals surface area contributed by atoms with Gasteiger partial charge in [-0.1, -0.05) is 64.6 Å². The Bertz CT molecular complexity index is 795. The van der Waals surface area contributed by atoms with Crippen LogP contribution in [0.5, 0.6) is 0 Å². The van der Waals surface area contributed by atoms with Gasteiger partial charge < -0.3 is 5.32 Å². The van der Waals surface area contributed by atoms with Gasteiger partial charge in [-0.3, -0.25) is 0 Å². The monoisotopic (exact) mass is 383 g/mol. The third-order valence-corrected chi connectivity index (χ3v) is 5.87. The largest absolute Gasteiger partial charge is 0.376 e. The average molecular weight is 385 g/mol. The van der Waals surface area contributed by atoms with Crippen LogP contribution in [0.1, 0.15) is 29.5 Å². The van der Waals surface area contributed by atoms with E-state index in [9.17, 15) is 0 Å². The molecule has 1 N–H and O–H groups in total. The van der Waals surface area contributed by atoms with E-state index >= 15 is 0 Å². The quantitative estimate of drug-likeness (QED) is 0.515. The normalized spacial score (nSPS) is 25.0. The van der Waals surface area contributed by atoms with Crippen molar-refractivity contribution in [2.24, 2.45) is 5.92 Å². The van der Waals surface area contributed by atoms with Gasteiger partial charge in [-0.05, 0) is 42.2 Å². The molecule has 1 heterocycles. The molecule has 3 unspecified atom stereocenters. The third kappa shape index (κ3) is 2.55. The van der Waals surface area contributed by atoms with E-state index in [1.807, 2.05) is 24.3 Å². The van der Waals surface area contributed by atoms with Crippen LogP contribution in [0.25, 0.3) is 0 Å². The summed E-state index contributed by atoms with van der Waals surface area (Å²) in [6.45, 7) is 0. The molecule has 23 heavy (non-hydrogen) atoms. The highest BCUT2D eigenvalue weighted by Crippen LogP contribution is 2.53. The number of halogens is 4. The van der Waals surface area contributed by atoms with Gasteiger partial charge in [-0.25, -0.2) is 0 Å². The minimum atomic E-state index is 0.0161. The number of nitrogens with one attached hydrogen (secondary N) is 1. The first-order valence-corrected chi connectivity index (χ1v) is 8.93. The number of fused-ring (bicyclic) bond motifs is 3. The van der Waals surface area contributed by atoms with E-state index in [1.54, 1.807) is 6.07 Å². The molecule has 118 valence electrons. The van der Waals surface area contributed by atoms with Gasteiger partial charge in [0.05, 0.1) is 16.8 Å². The van der Waals surface area contributed by atoms with E-state index in [0.717, 1.165) is 23.2 Å². The van der Waals surface area contributed by atoms with E-state index in [0.29, 0.717) is 26.0 Å². The summed E-state index contributed by atoms with van der Waals surface area (Å²) in [4.78, 5) is 0. The predicted octanol–water partition coefficient (Wildman–Crippen LogP) is 7.13. The van der Waals surface area contributed by atoms with Crippen molar-refractivity contribution in [1.29, 1.82) is 0 Å². The van der Waals surface area contributed by atoms with Crippen molar-refractivity contribution in [2.45, 2.75) is 18.4 Å². The third-order valence-electron chi connectivity index (χ3n) is 4.70. The van der Waals surface area contributed by atoms with Crippen LogP contribution < -0.4 is 5.32 Å². The molecule has 2 aliphatic rings. The molecule has 3 atom stereocenters. The maximum absolute atomic E-state index is 6.45. The van der Waals surface area contributed by atoms with Gasteiger partial charge in [-0.15, -0.1) is 0 Å². The molecule has 0 spiro atoms. The predicted molar refractivity (Wildman–Crippen MR) is 99.3 cm³/mol. The smallest absolute Gasteiger partial charge is 0.0655 e. The van der Waals surface area contributed by atoms with Crippen molar-refractivity contribution in [3.63, 3.8) is 0 Å². The highest BCUT2D eigenvalue weighted by atomic mass is 35.5. The molecular weight excluding hydrogens is 372 g/mol. The van der Waals surface area contributed by atoms with Gasteiger partial charge in [-0.2, -0.15) is 0 Å². The molecule has 0 bridgehead atoms. The fraction of sp³-hybridized carbons (Fsp3) is 0.222. The van der Waals surface area contributed by atoms with Crippen LogP contribution in [-0.2, 0) is 0 Å². The van der Waals surface area contributed by atoms with Gasteiger partial charge in [0.15, 0.2) is 0 Å².